The lowest BCUT2D eigenvalue weighted by Crippen LogP contribution is -2.12. The molecule has 19 heavy (non-hydrogen) atoms. The molecule has 3 nitrogen and oxygen atoms in total. The molecule has 0 bridgehead atoms. The zero-order valence-electron chi connectivity index (χ0n) is 10.3. The molecular weight excluding hydrogens is 276 g/mol. The van der Waals surface area contributed by atoms with Gasteiger partial charge in [0.15, 0.2) is 0 Å². The molecule has 0 radical (unpaired) electrons. The van der Waals surface area contributed by atoms with Gasteiger partial charge in [0, 0.05) is 16.4 Å². The lowest BCUT2D eigenvalue weighted by atomic mass is 10.2. The van der Waals surface area contributed by atoms with Crippen LogP contribution in [-0.4, -0.2) is 9.25 Å². The van der Waals surface area contributed by atoms with Crippen LogP contribution < -0.4 is 4.41 Å². The minimum atomic E-state index is -1.21. The molecule has 0 fully saturated rings. The highest BCUT2D eigenvalue weighted by Crippen LogP contribution is 2.33. The summed E-state index contributed by atoms with van der Waals surface area (Å²) in [6, 6.07) is 17.6. The summed E-state index contributed by atoms with van der Waals surface area (Å²) in [6.45, 7) is 1.99. The van der Waals surface area contributed by atoms with Gasteiger partial charge in [0.05, 0.1) is 5.69 Å². The van der Waals surface area contributed by atoms with Crippen LogP contribution in [0.3, 0.4) is 0 Å². The number of benzene rings is 2. The van der Waals surface area contributed by atoms with Crippen molar-refractivity contribution in [3.8, 4) is 0 Å². The van der Waals surface area contributed by atoms with Crippen LogP contribution in [0.4, 0.5) is 5.69 Å². The lowest BCUT2D eigenvalue weighted by Gasteiger charge is -2.12. The summed E-state index contributed by atoms with van der Waals surface area (Å²) in [5.74, 6) is 0. The van der Waals surface area contributed by atoms with Crippen molar-refractivity contribution in [2.45, 2.75) is 6.92 Å². The zero-order chi connectivity index (χ0) is 13.2. The molecule has 1 unspecified atom stereocenters. The van der Waals surface area contributed by atoms with Crippen LogP contribution in [0.25, 0.3) is 0 Å². The van der Waals surface area contributed by atoms with Gasteiger partial charge in [0.2, 0.25) is 10.0 Å². The minimum absolute atomic E-state index is 0.794. The summed E-state index contributed by atoms with van der Waals surface area (Å²) in [7, 11) is 0.0723. The summed E-state index contributed by atoms with van der Waals surface area (Å²) in [6.07, 6.45) is 0. The molecule has 0 aliphatic carbocycles. The molecule has 0 amide bonds. The molecule has 3 rings (SSSR count). The van der Waals surface area contributed by atoms with E-state index in [-0.39, 0.29) is 0 Å². The van der Waals surface area contributed by atoms with E-state index in [1.165, 1.54) is 10.8 Å². The number of rotatable bonds is 2. The third-order valence-corrected chi connectivity index (χ3v) is 5.32. The summed E-state index contributed by atoms with van der Waals surface area (Å²) < 4.78 is 13.8. The number of para-hydroxylation sites is 1. The number of hydrogen-bond donors (Lipinski definition) is 0. The van der Waals surface area contributed by atoms with Crippen molar-refractivity contribution in [1.82, 2.24) is 0 Å². The molecule has 5 heteroatoms. The maximum atomic E-state index is 12.2. The largest absolute Gasteiger partial charge is 0.222 e. The fourth-order valence-electron chi connectivity index (χ4n) is 1.83. The third kappa shape index (κ3) is 2.43. The van der Waals surface area contributed by atoms with Crippen LogP contribution in [0.2, 0.25) is 0 Å². The molecule has 1 atom stereocenters. The summed E-state index contributed by atoms with van der Waals surface area (Å²) >= 11 is 0. The summed E-state index contributed by atoms with van der Waals surface area (Å²) in [4.78, 5) is 0. The Kier molecular flexibility index (Phi) is 3.40. The molecular formula is C14H12N2OS2. The molecule has 1 aliphatic rings. The molecule has 0 spiro atoms. The second-order valence-electron chi connectivity index (χ2n) is 4.13. The first-order chi connectivity index (χ1) is 9.25. The highest BCUT2D eigenvalue weighted by molar-refractivity contribution is 8.76. The predicted molar refractivity (Wildman–Crippen MR) is 82.4 cm³/mol. The van der Waals surface area contributed by atoms with E-state index in [0.29, 0.717) is 0 Å². The first-order valence-corrected chi connectivity index (χ1v) is 8.30. The maximum Gasteiger partial charge on any atom is 0.209 e. The second-order valence-corrected chi connectivity index (χ2v) is 6.82. The van der Waals surface area contributed by atoms with Crippen molar-refractivity contribution in [2.75, 3.05) is 4.41 Å². The van der Waals surface area contributed by atoms with Crippen molar-refractivity contribution in [3.63, 3.8) is 0 Å². The third-order valence-electron chi connectivity index (χ3n) is 2.82. The van der Waals surface area contributed by atoms with Crippen LogP contribution >= 0.6 is 10.8 Å². The van der Waals surface area contributed by atoms with Gasteiger partial charge in [-0.2, -0.15) is 9.52 Å². The highest BCUT2D eigenvalue weighted by Gasteiger charge is 2.26. The Morgan fingerprint density at radius 2 is 1.74 bits per heavy atom. The van der Waals surface area contributed by atoms with Gasteiger partial charge in [0.25, 0.3) is 0 Å². The van der Waals surface area contributed by atoms with Gasteiger partial charge in [-0.25, -0.2) is 4.21 Å². The first-order valence-electron chi connectivity index (χ1n) is 5.86. The number of anilines is 1. The fourth-order valence-corrected chi connectivity index (χ4v) is 4.30. The average molecular weight is 288 g/mol. The summed E-state index contributed by atoms with van der Waals surface area (Å²) in [5.41, 5.74) is 2.95. The van der Waals surface area contributed by atoms with E-state index in [2.05, 4.69) is 5.10 Å². The molecule has 96 valence electrons. The smallest absolute Gasteiger partial charge is 0.209 e. The average Bonchev–Trinajstić information content (AvgIpc) is 2.82. The predicted octanol–water partition coefficient (Wildman–Crippen LogP) is 3.49. The molecule has 0 saturated carbocycles. The number of aryl methyl sites for hydroxylation is 1. The highest BCUT2D eigenvalue weighted by atomic mass is 33.1. The Hall–Kier alpha value is -1.59. The Bertz CT molecular complexity index is 656. The Labute approximate surface area is 118 Å². The minimum Gasteiger partial charge on any atom is -0.222 e. The normalized spacial score (nSPS) is 18.5. The van der Waals surface area contributed by atoms with Crippen molar-refractivity contribution in [3.05, 3.63) is 65.7 Å². The Balaban J connectivity index is 1.99. The standard InChI is InChI=1S/C14H12N2OS2/c1-11-7-5-6-10-13(11)16-15-14(18-19(16)17)12-8-3-2-4-9-12/h2-10H,1H3. The van der Waals surface area contributed by atoms with Gasteiger partial charge in [-0.05, 0) is 18.6 Å². The Morgan fingerprint density at radius 3 is 2.47 bits per heavy atom. The van der Waals surface area contributed by atoms with Gasteiger partial charge in [0.1, 0.15) is 5.04 Å². The first kappa shape index (κ1) is 12.4. The van der Waals surface area contributed by atoms with Crippen LogP contribution in [0.15, 0.2) is 59.7 Å². The molecule has 1 aliphatic heterocycles. The van der Waals surface area contributed by atoms with E-state index in [1.54, 1.807) is 4.41 Å². The number of nitrogens with zero attached hydrogens (tertiary/aromatic N) is 2. The van der Waals surface area contributed by atoms with Gasteiger partial charge < -0.3 is 0 Å². The van der Waals surface area contributed by atoms with E-state index in [9.17, 15) is 4.21 Å². The van der Waals surface area contributed by atoms with Gasteiger partial charge in [-0.15, -0.1) is 0 Å². The molecule has 0 N–H and O–H groups in total. The fraction of sp³-hybridized carbons (Fsp3) is 0.0714. The molecule has 0 saturated heterocycles. The van der Waals surface area contributed by atoms with Crippen molar-refractivity contribution >= 4 is 31.5 Å². The second kappa shape index (κ2) is 5.19. The monoisotopic (exact) mass is 288 g/mol. The number of hydrogen-bond acceptors (Lipinski definition) is 3. The van der Waals surface area contributed by atoms with Gasteiger partial charge in [-0.3, -0.25) is 0 Å². The van der Waals surface area contributed by atoms with E-state index >= 15 is 0 Å². The van der Waals surface area contributed by atoms with Crippen molar-refractivity contribution in [1.29, 1.82) is 0 Å². The topological polar surface area (TPSA) is 32.7 Å². The zero-order valence-corrected chi connectivity index (χ0v) is 11.9. The van der Waals surface area contributed by atoms with Crippen molar-refractivity contribution < 1.29 is 4.21 Å². The van der Waals surface area contributed by atoms with E-state index in [1.807, 2.05) is 61.5 Å². The van der Waals surface area contributed by atoms with E-state index in [4.69, 9.17) is 0 Å². The lowest BCUT2D eigenvalue weighted by molar-refractivity contribution is 0.689. The van der Waals surface area contributed by atoms with Crippen LogP contribution in [0, 0.1) is 6.92 Å². The van der Waals surface area contributed by atoms with E-state index in [0.717, 1.165) is 21.9 Å². The van der Waals surface area contributed by atoms with E-state index < -0.39 is 10.0 Å². The molecule has 1 heterocycles. The van der Waals surface area contributed by atoms with Crippen LogP contribution in [0.5, 0.6) is 0 Å². The van der Waals surface area contributed by atoms with Crippen molar-refractivity contribution in [2.24, 2.45) is 5.10 Å². The van der Waals surface area contributed by atoms with Crippen LogP contribution in [-0.2, 0) is 10.0 Å². The maximum absolute atomic E-state index is 12.2. The van der Waals surface area contributed by atoms with Gasteiger partial charge >= 0.3 is 0 Å². The molecule has 0 aromatic heterocycles. The SMILES string of the molecule is Cc1ccccc1N1N=C(c2ccccc2)SS1=O. The van der Waals surface area contributed by atoms with Crippen LogP contribution in [0.1, 0.15) is 11.1 Å². The quantitative estimate of drug-likeness (QED) is 0.792. The number of hydrazone groups is 1. The molecule has 2 aromatic rings. The Morgan fingerprint density at radius 1 is 1.05 bits per heavy atom. The molecule has 2 aromatic carbocycles. The summed E-state index contributed by atoms with van der Waals surface area (Å²) in [5, 5.41) is 5.28. The van der Waals surface area contributed by atoms with Gasteiger partial charge in [-0.1, -0.05) is 48.5 Å².